The van der Waals surface area contributed by atoms with E-state index in [0.29, 0.717) is 36.2 Å². The number of rotatable bonds is 9. The maximum atomic E-state index is 11.1. The van der Waals surface area contributed by atoms with Gasteiger partial charge in [0.25, 0.3) is 0 Å². The van der Waals surface area contributed by atoms with Gasteiger partial charge in [0, 0.05) is 15.6 Å². The molecule has 0 saturated carbocycles. The van der Waals surface area contributed by atoms with Crippen LogP contribution in [-0.2, 0) is 24.4 Å². The molecule has 0 radical (unpaired) electrons. The van der Waals surface area contributed by atoms with Crippen LogP contribution in [0.1, 0.15) is 22.6 Å². The average Bonchev–Trinajstić information content (AvgIpc) is 3.18. The maximum Gasteiger partial charge on any atom is 0.307 e. The van der Waals surface area contributed by atoms with Gasteiger partial charge in [-0.25, -0.2) is 4.98 Å². The molecule has 0 aliphatic heterocycles. The van der Waals surface area contributed by atoms with Gasteiger partial charge in [-0.05, 0) is 55.0 Å². The van der Waals surface area contributed by atoms with Gasteiger partial charge in [-0.1, -0.05) is 46.3 Å². The van der Waals surface area contributed by atoms with Gasteiger partial charge in [-0.2, -0.15) is 0 Å². The molecule has 1 N–H and O–H groups in total. The van der Waals surface area contributed by atoms with Crippen LogP contribution in [0.4, 0.5) is 0 Å². The number of benzene rings is 3. The van der Waals surface area contributed by atoms with Crippen molar-refractivity contribution < 1.29 is 23.8 Å². The Bertz CT molecular complexity index is 1240. The third-order valence-corrected chi connectivity index (χ3v) is 5.46. The smallest absolute Gasteiger partial charge is 0.307 e. The zero-order valence-corrected chi connectivity index (χ0v) is 19.5. The third-order valence-electron chi connectivity index (χ3n) is 4.97. The molecular formula is C26H22BrNO5. The Morgan fingerprint density at radius 3 is 2.48 bits per heavy atom. The summed E-state index contributed by atoms with van der Waals surface area (Å²) in [4.78, 5) is 15.7. The Morgan fingerprint density at radius 2 is 1.76 bits per heavy atom. The molecule has 4 rings (SSSR count). The number of carboxylic acids is 1. The lowest BCUT2D eigenvalue weighted by Gasteiger charge is -2.11. The van der Waals surface area contributed by atoms with Gasteiger partial charge in [0.2, 0.25) is 5.89 Å². The van der Waals surface area contributed by atoms with Gasteiger partial charge in [0.05, 0.1) is 6.42 Å². The van der Waals surface area contributed by atoms with Gasteiger partial charge in [0.1, 0.15) is 36.2 Å². The predicted molar refractivity (Wildman–Crippen MR) is 127 cm³/mol. The van der Waals surface area contributed by atoms with E-state index in [9.17, 15) is 4.79 Å². The molecular weight excluding hydrogens is 486 g/mol. The van der Waals surface area contributed by atoms with Crippen molar-refractivity contribution in [3.8, 4) is 23.0 Å². The lowest BCUT2D eigenvalue weighted by Crippen LogP contribution is -2.04. The van der Waals surface area contributed by atoms with E-state index in [4.69, 9.17) is 19.0 Å². The van der Waals surface area contributed by atoms with Crippen LogP contribution in [0.5, 0.6) is 11.5 Å². The molecule has 0 amide bonds. The van der Waals surface area contributed by atoms with Crippen molar-refractivity contribution in [2.75, 3.05) is 0 Å². The largest absolute Gasteiger partial charge is 0.489 e. The van der Waals surface area contributed by atoms with Crippen LogP contribution in [0, 0.1) is 6.92 Å². The molecule has 168 valence electrons. The standard InChI is InChI=1S/C26H22BrNO5/c1-17-23(28-26(33-17)19-5-3-2-4-6-19)16-31-22-10-7-18(8-11-22)15-32-24-12-9-21(27)13-20(24)14-25(29)30/h2-13H,14-16H2,1H3,(H,29,30). The van der Waals surface area contributed by atoms with Crippen LogP contribution in [-0.4, -0.2) is 16.1 Å². The first-order valence-electron chi connectivity index (χ1n) is 10.3. The Labute approximate surface area is 199 Å². The molecule has 0 saturated heterocycles. The van der Waals surface area contributed by atoms with Gasteiger partial charge in [-0.15, -0.1) is 0 Å². The molecule has 6 nitrogen and oxygen atoms in total. The molecule has 3 aromatic carbocycles. The molecule has 0 bridgehead atoms. The predicted octanol–water partition coefficient (Wildman–Crippen LogP) is 6.20. The first-order valence-corrected chi connectivity index (χ1v) is 11.1. The number of oxazole rings is 1. The van der Waals surface area contributed by atoms with E-state index in [1.165, 1.54) is 0 Å². The number of carboxylic acid groups (broad SMARTS) is 1. The molecule has 33 heavy (non-hydrogen) atoms. The molecule has 1 aromatic heterocycles. The summed E-state index contributed by atoms with van der Waals surface area (Å²) in [6.45, 7) is 2.49. The molecule has 0 aliphatic rings. The Balaban J connectivity index is 1.35. The highest BCUT2D eigenvalue weighted by molar-refractivity contribution is 9.10. The first-order chi connectivity index (χ1) is 16.0. The number of halogens is 1. The van der Waals surface area contributed by atoms with Crippen LogP contribution in [0.2, 0.25) is 0 Å². The van der Waals surface area contributed by atoms with E-state index >= 15 is 0 Å². The topological polar surface area (TPSA) is 81.8 Å². The van der Waals surface area contributed by atoms with Crippen molar-refractivity contribution in [2.24, 2.45) is 0 Å². The van der Waals surface area contributed by atoms with Gasteiger partial charge >= 0.3 is 5.97 Å². The fourth-order valence-electron chi connectivity index (χ4n) is 3.25. The lowest BCUT2D eigenvalue weighted by atomic mass is 10.1. The number of carbonyl (C=O) groups is 1. The molecule has 0 spiro atoms. The quantitative estimate of drug-likeness (QED) is 0.290. The minimum absolute atomic E-state index is 0.102. The van der Waals surface area contributed by atoms with E-state index < -0.39 is 5.97 Å². The summed E-state index contributed by atoms with van der Waals surface area (Å²) in [7, 11) is 0. The van der Waals surface area contributed by atoms with E-state index in [1.54, 1.807) is 12.1 Å². The average molecular weight is 508 g/mol. The fourth-order valence-corrected chi connectivity index (χ4v) is 3.66. The number of hydrogen-bond acceptors (Lipinski definition) is 5. The molecule has 1 heterocycles. The second kappa shape index (κ2) is 10.4. The summed E-state index contributed by atoms with van der Waals surface area (Å²) >= 11 is 3.37. The number of hydrogen-bond donors (Lipinski definition) is 1. The summed E-state index contributed by atoms with van der Waals surface area (Å²) in [6, 6.07) is 22.7. The number of aromatic nitrogens is 1. The first kappa shape index (κ1) is 22.6. The summed E-state index contributed by atoms with van der Waals surface area (Å²) in [5.74, 6) is 1.66. The summed E-state index contributed by atoms with van der Waals surface area (Å²) < 4.78 is 18.3. The van der Waals surface area contributed by atoms with Crippen LogP contribution in [0.15, 0.2) is 81.7 Å². The highest BCUT2D eigenvalue weighted by Crippen LogP contribution is 2.26. The van der Waals surface area contributed by atoms with E-state index in [0.717, 1.165) is 27.1 Å². The van der Waals surface area contributed by atoms with Crippen molar-refractivity contribution in [1.82, 2.24) is 4.98 Å². The Hall–Kier alpha value is -3.58. The minimum Gasteiger partial charge on any atom is -0.489 e. The van der Waals surface area contributed by atoms with Crippen molar-refractivity contribution >= 4 is 21.9 Å². The highest BCUT2D eigenvalue weighted by Gasteiger charge is 2.12. The zero-order chi connectivity index (χ0) is 23.2. The number of aryl methyl sites for hydroxylation is 1. The SMILES string of the molecule is Cc1oc(-c2ccccc2)nc1COc1ccc(COc2ccc(Br)cc2CC(=O)O)cc1. The second-order valence-corrected chi connectivity index (χ2v) is 8.35. The van der Waals surface area contributed by atoms with Crippen molar-refractivity contribution in [1.29, 1.82) is 0 Å². The molecule has 0 atom stereocenters. The molecule has 0 aliphatic carbocycles. The van der Waals surface area contributed by atoms with Crippen LogP contribution in [0.25, 0.3) is 11.5 Å². The molecule has 0 fully saturated rings. The third kappa shape index (κ3) is 6.02. The van der Waals surface area contributed by atoms with E-state index in [1.807, 2.05) is 67.6 Å². The zero-order valence-electron chi connectivity index (χ0n) is 18.0. The number of nitrogens with zero attached hydrogens (tertiary/aromatic N) is 1. The lowest BCUT2D eigenvalue weighted by molar-refractivity contribution is -0.136. The van der Waals surface area contributed by atoms with Crippen molar-refractivity contribution in [2.45, 2.75) is 26.6 Å². The van der Waals surface area contributed by atoms with Crippen LogP contribution in [0.3, 0.4) is 0 Å². The van der Waals surface area contributed by atoms with E-state index in [-0.39, 0.29) is 6.42 Å². The van der Waals surface area contributed by atoms with Crippen molar-refractivity contribution in [3.63, 3.8) is 0 Å². The summed E-state index contributed by atoms with van der Waals surface area (Å²) in [6.07, 6.45) is -0.102. The number of ether oxygens (including phenoxy) is 2. The maximum absolute atomic E-state index is 11.1. The highest BCUT2D eigenvalue weighted by atomic mass is 79.9. The van der Waals surface area contributed by atoms with Crippen LogP contribution < -0.4 is 9.47 Å². The Morgan fingerprint density at radius 1 is 1.00 bits per heavy atom. The molecule has 4 aromatic rings. The fraction of sp³-hybridized carbons (Fsp3) is 0.154. The monoisotopic (exact) mass is 507 g/mol. The van der Waals surface area contributed by atoms with Gasteiger partial charge in [-0.3, -0.25) is 4.79 Å². The van der Waals surface area contributed by atoms with Gasteiger partial charge < -0.3 is 19.0 Å². The second-order valence-electron chi connectivity index (χ2n) is 7.43. The molecule has 7 heteroatoms. The minimum atomic E-state index is -0.905. The molecule has 0 unspecified atom stereocenters. The van der Waals surface area contributed by atoms with E-state index in [2.05, 4.69) is 20.9 Å². The van der Waals surface area contributed by atoms with Crippen molar-refractivity contribution in [3.05, 3.63) is 99.9 Å². The Kier molecular flexibility index (Phi) is 7.10. The summed E-state index contributed by atoms with van der Waals surface area (Å²) in [5.41, 5.74) is 3.24. The normalized spacial score (nSPS) is 10.7. The van der Waals surface area contributed by atoms with Gasteiger partial charge in [0.15, 0.2) is 0 Å². The summed E-state index contributed by atoms with van der Waals surface area (Å²) in [5, 5.41) is 9.11. The van der Waals surface area contributed by atoms with Crippen LogP contribution >= 0.6 is 15.9 Å². The number of aliphatic carboxylic acids is 1.